The Bertz CT molecular complexity index is 729. The van der Waals surface area contributed by atoms with Crippen molar-refractivity contribution in [2.45, 2.75) is 6.54 Å². The van der Waals surface area contributed by atoms with Gasteiger partial charge in [0.15, 0.2) is 0 Å². The Morgan fingerprint density at radius 3 is 2.76 bits per heavy atom. The normalized spacial score (nSPS) is 10.3. The molecule has 0 aliphatic rings. The van der Waals surface area contributed by atoms with Gasteiger partial charge in [-0.2, -0.15) is 0 Å². The topological polar surface area (TPSA) is 58.0 Å². The molecule has 0 unspecified atom stereocenters. The fraction of sp³-hybridized carbons (Fsp3) is 0.0588. The van der Waals surface area contributed by atoms with Crippen molar-refractivity contribution >= 4 is 5.69 Å². The van der Waals surface area contributed by atoms with Gasteiger partial charge in [0.1, 0.15) is 5.75 Å². The van der Waals surface area contributed by atoms with E-state index >= 15 is 0 Å². The van der Waals surface area contributed by atoms with Crippen LogP contribution in [0, 0.1) is 0 Å². The SMILES string of the molecule is Oc1cccc(CNc2ccncc2-c2ccccn2)c1. The lowest BCUT2D eigenvalue weighted by atomic mass is 10.1. The zero-order valence-electron chi connectivity index (χ0n) is 11.4. The molecule has 2 N–H and O–H groups in total. The molecule has 0 saturated heterocycles. The summed E-state index contributed by atoms with van der Waals surface area (Å²) in [7, 11) is 0. The van der Waals surface area contributed by atoms with Crippen molar-refractivity contribution < 1.29 is 5.11 Å². The second-order valence-corrected chi connectivity index (χ2v) is 4.66. The first-order valence-electron chi connectivity index (χ1n) is 6.70. The number of pyridine rings is 2. The minimum atomic E-state index is 0.272. The summed E-state index contributed by atoms with van der Waals surface area (Å²) >= 11 is 0. The van der Waals surface area contributed by atoms with Gasteiger partial charge in [-0.15, -0.1) is 0 Å². The summed E-state index contributed by atoms with van der Waals surface area (Å²) in [5, 5.41) is 12.9. The van der Waals surface area contributed by atoms with E-state index < -0.39 is 0 Å². The number of aromatic hydroxyl groups is 1. The van der Waals surface area contributed by atoms with E-state index in [1.54, 1.807) is 30.7 Å². The van der Waals surface area contributed by atoms with E-state index in [1.807, 2.05) is 36.4 Å². The Kier molecular flexibility index (Phi) is 3.78. The number of benzene rings is 1. The van der Waals surface area contributed by atoms with E-state index in [0.717, 1.165) is 22.5 Å². The van der Waals surface area contributed by atoms with Crippen LogP contribution >= 0.6 is 0 Å². The summed E-state index contributed by atoms with van der Waals surface area (Å²) in [5.74, 6) is 0.272. The molecule has 0 aliphatic carbocycles. The molecular formula is C17H15N3O. The summed E-state index contributed by atoms with van der Waals surface area (Å²) in [6.07, 6.45) is 5.31. The van der Waals surface area contributed by atoms with E-state index in [2.05, 4.69) is 15.3 Å². The molecule has 4 heteroatoms. The van der Waals surface area contributed by atoms with Crippen LogP contribution in [0.25, 0.3) is 11.3 Å². The predicted molar refractivity (Wildman–Crippen MR) is 82.9 cm³/mol. The number of phenolic OH excluding ortho intramolecular Hbond substituents is 1. The number of nitrogens with one attached hydrogen (secondary N) is 1. The quantitative estimate of drug-likeness (QED) is 0.766. The minimum absolute atomic E-state index is 0.272. The maximum absolute atomic E-state index is 9.50. The van der Waals surface area contributed by atoms with Crippen LogP contribution < -0.4 is 5.32 Å². The standard InChI is InChI=1S/C17H15N3O/c21-14-5-3-4-13(10-14)11-20-17-7-9-18-12-15(17)16-6-1-2-8-19-16/h1-10,12,21H,11H2,(H,18,20). The first-order chi connectivity index (χ1) is 10.3. The molecule has 4 nitrogen and oxygen atoms in total. The third kappa shape index (κ3) is 3.17. The fourth-order valence-electron chi connectivity index (χ4n) is 2.14. The average molecular weight is 277 g/mol. The third-order valence-corrected chi connectivity index (χ3v) is 3.16. The molecule has 104 valence electrons. The number of nitrogens with zero attached hydrogens (tertiary/aromatic N) is 2. The van der Waals surface area contributed by atoms with Gasteiger partial charge in [-0.1, -0.05) is 18.2 Å². The molecular weight excluding hydrogens is 262 g/mol. The Labute approximate surface area is 123 Å². The van der Waals surface area contributed by atoms with Crippen LogP contribution in [0.5, 0.6) is 5.75 Å². The fourth-order valence-corrected chi connectivity index (χ4v) is 2.14. The van der Waals surface area contributed by atoms with Crippen molar-refractivity contribution in [1.29, 1.82) is 0 Å². The van der Waals surface area contributed by atoms with Gasteiger partial charge in [0.05, 0.1) is 5.69 Å². The van der Waals surface area contributed by atoms with E-state index in [0.29, 0.717) is 6.54 Å². The Hall–Kier alpha value is -2.88. The maximum atomic E-state index is 9.50. The van der Waals surface area contributed by atoms with Gasteiger partial charge in [-0.05, 0) is 35.9 Å². The van der Waals surface area contributed by atoms with Gasteiger partial charge in [0.25, 0.3) is 0 Å². The summed E-state index contributed by atoms with van der Waals surface area (Å²) in [6.45, 7) is 0.623. The second kappa shape index (κ2) is 6.05. The highest BCUT2D eigenvalue weighted by atomic mass is 16.3. The number of hydrogen-bond donors (Lipinski definition) is 2. The average Bonchev–Trinajstić information content (AvgIpc) is 2.54. The van der Waals surface area contributed by atoms with Crippen molar-refractivity contribution in [3.05, 3.63) is 72.7 Å². The highest BCUT2D eigenvalue weighted by Crippen LogP contribution is 2.25. The molecule has 0 radical (unpaired) electrons. The maximum Gasteiger partial charge on any atom is 0.115 e. The van der Waals surface area contributed by atoms with Crippen molar-refractivity contribution in [2.75, 3.05) is 5.32 Å². The third-order valence-electron chi connectivity index (χ3n) is 3.16. The number of rotatable bonds is 4. The zero-order chi connectivity index (χ0) is 14.5. The Balaban J connectivity index is 1.83. The number of phenols is 1. The molecule has 3 rings (SSSR count). The van der Waals surface area contributed by atoms with Gasteiger partial charge >= 0.3 is 0 Å². The van der Waals surface area contributed by atoms with Crippen LogP contribution in [0.3, 0.4) is 0 Å². The van der Waals surface area contributed by atoms with Crippen LogP contribution in [0.15, 0.2) is 67.1 Å². The molecule has 0 bridgehead atoms. The molecule has 0 amide bonds. The summed E-state index contributed by atoms with van der Waals surface area (Å²) in [6, 6.07) is 14.9. The highest BCUT2D eigenvalue weighted by molar-refractivity contribution is 5.74. The monoisotopic (exact) mass is 277 g/mol. The molecule has 0 aliphatic heterocycles. The lowest BCUT2D eigenvalue weighted by molar-refractivity contribution is 0.474. The van der Waals surface area contributed by atoms with Gasteiger partial charge in [0, 0.05) is 36.4 Å². The molecule has 0 spiro atoms. The highest BCUT2D eigenvalue weighted by Gasteiger charge is 2.05. The van der Waals surface area contributed by atoms with E-state index in [9.17, 15) is 5.11 Å². The molecule has 3 aromatic rings. The van der Waals surface area contributed by atoms with E-state index in [4.69, 9.17) is 0 Å². The lowest BCUT2D eigenvalue weighted by Gasteiger charge is -2.11. The van der Waals surface area contributed by atoms with Crippen LogP contribution in [0.1, 0.15) is 5.56 Å². The zero-order valence-corrected chi connectivity index (χ0v) is 11.4. The number of hydrogen-bond acceptors (Lipinski definition) is 4. The summed E-state index contributed by atoms with van der Waals surface area (Å²) in [4.78, 5) is 8.53. The lowest BCUT2D eigenvalue weighted by Crippen LogP contribution is -2.01. The first-order valence-corrected chi connectivity index (χ1v) is 6.70. The molecule has 0 atom stereocenters. The molecule has 0 saturated carbocycles. The van der Waals surface area contributed by atoms with Crippen molar-refractivity contribution in [1.82, 2.24) is 9.97 Å². The van der Waals surface area contributed by atoms with Crippen LogP contribution in [0.2, 0.25) is 0 Å². The predicted octanol–water partition coefficient (Wildman–Crippen LogP) is 3.46. The molecule has 2 heterocycles. The van der Waals surface area contributed by atoms with Gasteiger partial charge < -0.3 is 10.4 Å². The van der Waals surface area contributed by atoms with Crippen LogP contribution in [-0.4, -0.2) is 15.1 Å². The van der Waals surface area contributed by atoms with Gasteiger partial charge in [0.2, 0.25) is 0 Å². The minimum Gasteiger partial charge on any atom is -0.508 e. The molecule has 2 aromatic heterocycles. The van der Waals surface area contributed by atoms with Crippen LogP contribution in [0.4, 0.5) is 5.69 Å². The van der Waals surface area contributed by atoms with E-state index in [1.165, 1.54) is 0 Å². The summed E-state index contributed by atoms with van der Waals surface area (Å²) in [5.41, 5.74) is 3.81. The van der Waals surface area contributed by atoms with E-state index in [-0.39, 0.29) is 5.75 Å². The van der Waals surface area contributed by atoms with Gasteiger partial charge in [-0.3, -0.25) is 9.97 Å². The van der Waals surface area contributed by atoms with Crippen molar-refractivity contribution in [3.63, 3.8) is 0 Å². The summed E-state index contributed by atoms with van der Waals surface area (Å²) < 4.78 is 0. The largest absolute Gasteiger partial charge is 0.508 e. The molecule has 21 heavy (non-hydrogen) atoms. The number of aromatic nitrogens is 2. The molecule has 1 aromatic carbocycles. The Morgan fingerprint density at radius 2 is 1.95 bits per heavy atom. The van der Waals surface area contributed by atoms with Crippen molar-refractivity contribution in [2.24, 2.45) is 0 Å². The van der Waals surface area contributed by atoms with Gasteiger partial charge in [-0.25, -0.2) is 0 Å². The second-order valence-electron chi connectivity index (χ2n) is 4.66. The van der Waals surface area contributed by atoms with Crippen LogP contribution in [-0.2, 0) is 6.54 Å². The Morgan fingerprint density at radius 1 is 1.00 bits per heavy atom. The molecule has 0 fully saturated rings. The smallest absolute Gasteiger partial charge is 0.115 e. The van der Waals surface area contributed by atoms with Crippen molar-refractivity contribution in [3.8, 4) is 17.0 Å². The number of anilines is 1. The first kappa shape index (κ1) is 13.1.